The molecule has 158 valence electrons. The fourth-order valence-corrected chi connectivity index (χ4v) is 5.02. The van der Waals surface area contributed by atoms with E-state index in [1.165, 1.54) is 17.0 Å². The summed E-state index contributed by atoms with van der Waals surface area (Å²) in [5.74, 6) is -0.857. The fraction of sp³-hybridized carbons (Fsp3) is 0.391. The molecule has 0 N–H and O–H groups in total. The second kappa shape index (κ2) is 8.60. The van der Waals surface area contributed by atoms with Gasteiger partial charge in [-0.15, -0.1) is 11.3 Å². The van der Waals surface area contributed by atoms with Crippen LogP contribution in [-0.4, -0.2) is 41.0 Å². The normalized spacial score (nSPS) is 16.8. The Labute approximate surface area is 179 Å². The highest BCUT2D eigenvalue weighted by atomic mass is 32.1. The van der Waals surface area contributed by atoms with Crippen molar-refractivity contribution in [1.29, 1.82) is 0 Å². The van der Waals surface area contributed by atoms with Crippen LogP contribution in [-0.2, 0) is 16.1 Å². The Hall–Kier alpha value is -2.67. The molecule has 7 heteroatoms. The Kier molecular flexibility index (Phi) is 5.90. The number of thiophene rings is 1. The summed E-state index contributed by atoms with van der Waals surface area (Å²) in [6.45, 7) is 5.68. The van der Waals surface area contributed by atoms with Gasteiger partial charge in [-0.3, -0.25) is 9.59 Å². The first-order chi connectivity index (χ1) is 14.5. The molecule has 1 amide bonds. The number of carbonyl (C=O) groups is 2. The van der Waals surface area contributed by atoms with Gasteiger partial charge in [-0.25, -0.2) is 4.39 Å². The van der Waals surface area contributed by atoms with E-state index in [4.69, 9.17) is 4.74 Å². The number of ether oxygens (including phenoxy) is 1. The maximum absolute atomic E-state index is 13.4. The number of carbonyl (C=O) groups excluding carboxylic acids is 2. The molecule has 0 aliphatic carbocycles. The summed E-state index contributed by atoms with van der Waals surface area (Å²) in [7, 11) is 0. The summed E-state index contributed by atoms with van der Waals surface area (Å²) in [4.78, 5) is 28.6. The molecule has 0 radical (unpaired) electrons. The van der Waals surface area contributed by atoms with E-state index in [-0.39, 0.29) is 23.6 Å². The van der Waals surface area contributed by atoms with Crippen LogP contribution in [0.3, 0.4) is 0 Å². The zero-order chi connectivity index (χ0) is 21.3. The fourth-order valence-electron chi connectivity index (χ4n) is 4.06. The molecule has 4 rings (SSSR count). The van der Waals surface area contributed by atoms with Gasteiger partial charge in [-0.2, -0.15) is 0 Å². The second-order valence-electron chi connectivity index (χ2n) is 7.69. The third-order valence-corrected chi connectivity index (χ3v) is 6.50. The lowest BCUT2D eigenvalue weighted by Crippen LogP contribution is -2.43. The minimum atomic E-state index is -0.280. The van der Waals surface area contributed by atoms with E-state index in [0.717, 1.165) is 28.6 Å². The molecular weight excluding hydrogens is 403 g/mol. The standard InChI is InChI=1S/C23H25FN2O3S/c1-3-29-23(28)17-5-4-10-25(14-17)22(27)20-12-21-19(11-15(2)30-21)26(20)13-16-6-8-18(24)9-7-16/h6-9,11-12,17H,3-5,10,13-14H2,1-2H3. The predicted molar refractivity (Wildman–Crippen MR) is 115 cm³/mol. The minimum Gasteiger partial charge on any atom is -0.466 e. The molecule has 1 aliphatic rings. The highest BCUT2D eigenvalue weighted by Gasteiger charge is 2.31. The number of rotatable bonds is 5. The van der Waals surface area contributed by atoms with Crippen molar-refractivity contribution in [3.8, 4) is 0 Å². The van der Waals surface area contributed by atoms with E-state index in [9.17, 15) is 14.0 Å². The third kappa shape index (κ3) is 4.12. The van der Waals surface area contributed by atoms with Crippen molar-refractivity contribution >= 4 is 33.4 Å². The van der Waals surface area contributed by atoms with Crippen molar-refractivity contribution < 1.29 is 18.7 Å². The van der Waals surface area contributed by atoms with Crippen molar-refractivity contribution in [2.24, 2.45) is 5.92 Å². The number of esters is 1. The summed E-state index contributed by atoms with van der Waals surface area (Å²) in [6, 6.07) is 10.4. The number of likely N-dealkylation sites (tertiary alicyclic amines) is 1. The quantitative estimate of drug-likeness (QED) is 0.558. The molecule has 3 aromatic rings. The smallest absolute Gasteiger partial charge is 0.310 e. The zero-order valence-electron chi connectivity index (χ0n) is 17.2. The van der Waals surface area contributed by atoms with E-state index in [0.29, 0.717) is 31.9 Å². The molecule has 1 aliphatic heterocycles. The molecule has 0 spiro atoms. The molecule has 2 aromatic heterocycles. The van der Waals surface area contributed by atoms with E-state index < -0.39 is 0 Å². The summed E-state index contributed by atoms with van der Waals surface area (Å²) < 4.78 is 21.5. The van der Waals surface area contributed by atoms with Gasteiger partial charge in [0.1, 0.15) is 11.5 Å². The maximum Gasteiger partial charge on any atom is 0.310 e. The van der Waals surface area contributed by atoms with Crippen LogP contribution in [0.5, 0.6) is 0 Å². The van der Waals surface area contributed by atoms with Crippen molar-refractivity contribution in [3.63, 3.8) is 0 Å². The van der Waals surface area contributed by atoms with Gasteiger partial charge in [0.25, 0.3) is 5.91 Å². The van der Waals surface area contributed by atoms with Crippen molar-refractivity contribution in [3.05, 3.63) is 58.3 Å². The monoisotopic (exact) mass is 428 g/mol. The van der Waals surface area contributed by atoms with Crippen LogP contribution in [0.4, 0.5) is 4.39 Å². The van der Waals surface area contributed by atoms with Gasteiger partial charge >= 0.3 is 5.97 Å². The highest BCUT2D eigenvalue weighted by molar-refractivity contribution is 7.19. The Morgan fingerprint density at radius 1 is 1.23 bits per heavy atom. The number of aromatic nitrogens is 1. The Balaban J connectivity index is 1.64. The zero-order valence-corrected chi connectivity index (χ0v) is 18.0. The van der Waals surface area contributed by atoms with Gasteiger partial charge in [0, 0.05) is 24.5 Å². The average molecular weight is 429 g/mol. The van der Waals surface area contributed by atoms with E-state index in [1.807, 2.05) is 17.6 Å². The minimum absolute atomic E-state index is 0.0767. The lowest BCUT2D eigenvalue weighted by molar-refractivity contribution is -0.149. The number of hydrogen-bond donors (Lipinski definition) is 0. The number of amides is 1. The van der Waals surface area contributed by atoms with Gasteiger partial charge < -0.3 is 14.2 Å². The van der Waals surface area contributed by atoms with Gasteiger partial charge in [0.05, 0.1) is 22.7 Å². The van der Waals surface area contributed by atoms with Gasteiger partial charge in [0.2, 0.25) is 0 Å². The van der Waals surface area contributed by atoms with Crippen LogP contribution in [0.25, 0.3) is 10.2 Å². The summed E-state index contributed by atoms with van der Waals surface area (Å²) in [5.41, 5.74) is 2.53. The largest absolute Gasteiger partial charge is 0.466 e. The molecule has 0 bridgehead atoms. The van der Waals surface area contributed by atoms with E-state index in [1.54, 1.807) is 35.3 Å². The Morgan fingerprint density at radius 2 is 2.00 bits per heavy atom. The molecule has 5 nitrogen and oxygen atoms in total. The second-order valence-corrected chi connectivity index (χ2v) is 8.98. The number of piperidine rings is 1. The van der Waals surface area contributed by atoms with E-state index >= 15 is 0 Å². The number of fused-ring (bicyclic) bond motifs is 1. The van der Waals surface area contributed by atoms with Gasteiger partial charge in [-0.05, 0) is 56.5 Å². The van der Waals surface area contributed by atoms with Crippen LogP contribution in [0.1, 0.15) is 40.7 Å². The molecule has 1 unspecified atom stereocenters. The first-order valence-electron chi connectivity index (χ1n) is 10.3. The van der Waals surface area contributed by atoms with Crippen LogP contribution in [0, 0.1) is 18.7 Å². The lowest BCUT2D eigenvalue weighted by Gasteiger charge is -2.31. The number of hydrogen-bond acceptors (Lipinski definition) is 4. The Morgan fingerprint density at radius 3 is 2.73 bits per heavy atom. The number of nitrogens with zero attached hydrogens (tertiary/aromatic N) is 2. The SMILES string of the molecule is CCOC(=O)C1CCCN(C(=O)c2cc3sc(C)cc3n2Cc2ccc(F)cc2)C1. The maximum atomic E-state index is 13.4. The lowest BCUT2D eigenvalue weighted by atomic mass is 9.98. The Bertz CT molecular complexity index is 1070. The van der Waals surface area contributed by atoms with Gasteiger partial charge in [0.15, 0.2) is 0 Å². The van der Waals surface area contributed by atoms with Crippen LogP contribution >= 0.6 is 11.3 Å². The molecular formula is C23H25FN2O3S. The molecule has 1 atom stereocenters. The van der Waals surface area contributed by atoms with Crippen molar-refractivity contribution in [1.82, 2.24) is 9.47 Å². The van der Waals surface area contributed by atoms with Crippen LogP contribution in [0.15, 0.2) is 36.4 Å². The topological polar surface area (TPSA) is 51.5 Å². The summed E-state index contributed by atoms with van der Waals surface area (Å²) in [5, 5.41) is 0. The molecule has 1 aromatic carbocycles. The van der Waals surface area contributed by atoms with Crippen LogP contribution < -0.4 is 0 Å². The molecule has 3 heterocycles. The molecule has 0 saturated carbocycles. The number of halogens is 1. The molecule has 1 saturated heterocycles. The first kappa shape index (κ1) is 20.6. The van der Waals surface area contributed by atoms with Crippen molar-refractivity contribution in [2.45, 2.75) is 33.2 Å². The number of benzene rings is 1. The molecule has 1 fully saturated rings. The molecule has 30 heavy (non-hydrogen) atoms. The first-order valence-corrected chi connectivity index (χ1v) is 11.1. The van der Waals surface area contributed by atoms with Crippen molar-refractivity contribution in [2.75, 3.05) is 19.7 Å². The summed E-state index contributed by atoms with van der Waals surface area (Å²) >= 11 is 1.65. The van der Waals surface area contributed by atoms with Crippen LogP contribution in [0.2, 0.25) is 0 Å². The number of aryl methyl sites for hydroxylation is 1. The van der Waals surface area contributed by atoms with Gasteiger partial charge in [-0.1, -0.05) is 12.1 Å². The highest BCUT2D eigenvalue weighted by Crippen LogP contribution is 2.31. The van der Waals surface area contributed by atoms with E-state index in [2.05, 4.69) is 6.07 Å². The third-order valence-electron chi connectivity index (χ3n) is 5.51. The summed E-state index contributed by atoms with van der Waals surface area (Å²) in [6.07, 6.45) is 1.52. The predicted octanol–water partition coefficient (Wildman–Crippen LogP) is 4.61. The average Bonchev–Trinajstić information content (AvgIpc) is 3.26.